The van der Waals surface area contributed by atoms with Crippen molar-refractivity contribution in [2.45, 2.75) is 19.9 Å². The Morgan fingerprint density at radius 3 is 2.14 bits per heavy atom. The molecule has 2 rings (SSSR count). The van der Waals surface area contributed by atoms with E-state index >= 15 is 0 Å². The average molecular weight is 409 g/mol. The number of hydrogen-bond donors (Lipinski definition) is 2. The van der Waals surface area contributed by atoms with E-state index in [0.717, 1.165) is 6.07 Å². The van der Waals surface area contributed by atoms with Crippen LogP contribution in [0.25, 0.3) is 0 Å². The summed E-state index contributed by atoms with van der Waals surface area (Å²) >= 11 is 5.74. The molecular formula is C20H22ClFN2O4. The summed E-state index contributed by atoms with van der Waals surface area (Å²) in [7, 11) is 2.96. The molecule has 0 aliphatic carbocycles. The van der Waals surface area contributed by atoms with Crippen molar-refractivity contribution in [2.24, 2.45) is 5.92 Å². The Kier molecular flexibility index (Phi) is 7.23. The third-order valence-electron chi connectivity index (χ3n) is 4.04. The Hall–Kier alpha value is -2.80. The highest BCUT2D eigenvalue weighted by atomic mass is 35.5. The number of methoxy groups -OCH3 is 2. The average Bonchev–Trinajstić information content (AvgIpc) is 2.67. The van der Waals surface area contributed by atoms with Crippen LogP contribution < -0.4 is 20.1 Å². The number of hydrogen-bond acceptors (Lipinski definition) is 4. The lowest BCUT2D eigenvalue weighted by Crippen LogP contribution is -2.47. The first-order valence-corrected chi connectivity index (χ1v) is 8.92. The number of ether oxygens (including phenoxy) is 2. The van der Waals surface area contributed by atoms with Crippen molar-refractivity contribution in [3.63, 3.8) is 0 Å². The van der Waals surface area contributed by atoms with Crippen LogP contribution in [-0.4, -0.2) is 32.1 Å². The third kappa shape index (κ3) is 5.36. The molecule has 0 aromatic heterocycles. The Morgan fingerprint density at radius 2 is 1.64 bits per heavy atom. The molecule has 150 valence electrons. The molecule has 1 atom stereocenters. The van der Waals surface area contributed by atoms with Gasteiger partial charge in [-0.1, -0.05) is 25.4 Å². The number of halogens is 2. The van der Waals surface area contributed by atoms with Crippen molar-refractivity contribution < 1.29 is 23.5 Å². The van der Waals surface area contributed by atoms with E-state index in [2.05, 4.69) is 10.6 Å². The quantitative estimate of drug-likeness (QED) is 0.728. The summed E-state index contributed by atoms with van der Waals surface area (Å²) in [6.07, 6.45) is 0. The lowest BCUT2D eigenvalue weighted by Gasteiger charge is -2.22. The number of benzene rings is 2. The maximum absolute atomic E-state index is 13.3. The Labute approximate surface area is 168 Å². The van der Waals surface area contributed by atoms with Crippen molar-refractivity contribution in [1.29, 1.82) is 0 Å². The normalized spacial score (nSPS) is 11.7. The van der Waals surface area contributed by atoms with Crippen LogP contribution in [0.2, 0.25) is 5.02 Å². The standard InChI is InChI=1S/C20H22ClFN2O4/c1-11(2)18(20(26)23-13-5-6-17(22)16(21)9-13)24-19(25)12-7-14(27-3)10-15(8-12)28-4/h5-11,18H,1-4H3,(H,23,26)(H,24,25). The summed E-state index contributed by atoms with van der Waals surface area (Å²) in [6, 6.07) is 7.77. The maximum Gasteiger partial charge on any atom is 0.252 e. The van der Waals surface area contributed by atoms with Crippen LogP contribution in [0, 0.1) is 11.7 Å². The molecule has 8 heteroatoms. The molecule has 0 saturated heterocycles. The van der Waals surface area contributed by atoms with Gasteiger partial charge in [0.1, 0.15) is 23.4 Å². The van der Waals surface area contributed by atoms with E-state index in [1.54, 1.807) is 32.0 Å². The molecule has 0 radical (unpaired) electrons. The van der Waals surface area contributed by atoms with E-state index in [-0.39, 0.29) is 10.9 Å². The highest BCUT2D eigenvalue weighted by molar-refractivity contribution is 6.31. The first-order chi connectivity index (χ1) is 13.2. The largest absolute Gasteiger partial charge is 0.497 e. The second kappa shape index (κ2) is 9.41. The van der Waals surface area contributed by atoms with Crippen LogP contribution in [0.3, 0.4) is 0 Å². The molecule has 0 saturated carbocycles. The third-order valence-corrected chi connectivity index (χ3v) is 4.33. The molecule has 0 aliphatic rings. The van der Waals surface area contributed by atoms with Crippen molar-refractivity contribution in [3.05, 3.63) is 52.8 Å². The minimum absolute atomic E-state index is 0.105. The smallest absolute Gasteiger partial charge is 0.252 e. The van der Waals surface area contributed by atoms with Crippen LogP contribution >= 0.6 is 11.6 Å². The number of rotatable bonds is 7. The highest BCUT2D eigenvalue weighted by Crippen LogP contribution is 2.23. The van der Waals surface area contributed by atoms with Gasteiger partial charge in [0.2, 0.25) is 5.91 Å². The van der Waals surface area contributed by atoms with Crippen molar-refractivity contribution in [1.82, 2.24) is 5.32 Å². The number of carbonyl (C=O) groups is 2. The summed E-state index contributed by atoms with van der Waals surface area (Å²) in [4.78, 5) is 25.3. The molecular weight excluding hydrogens is 387 g/mol. The van der Waals surface area contributed by atoms with E-state index in [1.165, 1.54) is 26.4 Å². The molecule has 0 bridgehead atoms. The fraction of sp³-hybridized carbons (Fsp3) is 0.300. The summed E-state index contributed by atoms with van der Waals surface area (Å²) in [5.74, 6) is -0.774. The first kappa shape index (κ1) is 21.5. The van der Waals surface area contributed by atoms with Crippen molar-refractivity contribution >= 4 is 29.1 Å². The highest BCUT2D eigenvalue weighted by Gasteiger charge is 2.25. The molecule has 28 heavy (non-hydrogen) atoms. The van der Waals surface area contributed by atoms with Gasteiger partial charge in [-0.05, 0) is 36.2 Å². The molecule has 2 aromatic carbocycles. The van der Waals surface area contributed by atoms with Gasteiger partial charge in [-0.2, -0.15) is 0 Å². The van der Waals surface area contributed by atoms with Gasteiger partial charge in [-0.3, -0.25) is 9.59 Å². The topological polar surface area (TPSA) is 76.7 Å². The zero-order chi connectivity index (χ0) is 20.8. The number of nitrogens with one attached hydrogen (secondary N) is 2. The van der Waals surface area contributed by atoms with Crippen molar-refractivity contribution in [3.8, 4) is 11.5 Å². The van der Waals surface area contributed by atoms with Crippen LogP contribution in [0.15, 0.2) is 36.4 Å². The minimum Gasteiger partial charge on any atom is -0.497 e. The molecule has 6 nitrogen and oxygen atoms in total. The van der Waals surface area contributed by atoms with Crippen LogP contribution in [0.4, 0.5) is 10.1 Å². The predicted molar refractivity (Wildman–Crippen MR) is 106 cm³/mol. The van der Waals surface area contributed by atoms with Crippen molar-refractivity contribution in [2.75, 3.05) is 19.5 Å². The van der Waals surface area contributed by atoms with Crippen LogP contribution in [0.5, 0.6) is 11.5 Å². The molecule has 1 unspecified atom stereocenters. The number of carbonyl (C=O) groups excluding carboxylic acids is 2. The van der Waals surface area contributed by atoms with Gasteiger partial charge in [0.05, 0.1) is 19.2 Å². The van der Waals surface area contributed by atoms with Gasteiger partial charge in [-0.15, -0.1) is 0 Å². The summed E-state index contributed by atoms with van der Waals surface area (Å²) < 4.78 is 23.6. The molecule has 2 N–H and O–H groups in total. The minimum atomic E-state index is -0.825. The Balaban J connectivity index is 2.18. The van der Waals surface area contributed by atoms with E-state index in [4.69, 9.17) is 21.1 Å². The fourth-order valence-electron chi connectivity index (χ4n) is 2.49. The number of amides is 2. The molecule has 2 amide bonds. The van der Waals surface area contributed by atoms with E-state index in [9.17, 15) is 14.0 Å². The van der Waals surface area contributed by atoms with Gasteiger partial charge in [0, 0.05) is 17.3 Å². The van der Waals surface area contributed by atoms with Gasteiger partial charge < -0.3 is 20.1 Å². The summed E-state index contributed by atoms with van der Waals surface area (Å²) in [6.45, 7) is 3.60. The predicted octanol–water partition coefficient (Wildman–Crippen LogP) is 3.89. The van der Waals surface area contributed by atoms with Crippen LogP contribution in [0.1, 0.15) is 24.2 Å². The van der Waals surface area contributed by atoms with E-state index in [1.807, 2.05) is 0 Å². The van der Waals surface area contributed by atoms with E-state index in [0.29, 0.717) is 22.7 Å². The van der Waals surface area contributed by atoms with E-state index < -0.39 is 23.7 Å². The molecule has 0 fully saturated rings. The first-order valence-electron chi connectivity index (χ1n) is 8.55. The summed E-state index contributed by atoms with van der Waals surface area (Å²) in [5, 5.41) is 5.25. The van der Waals surface area contributed by atoms with Gasteiger partial charge in [0.15, 0.2) is 0 Å². The second-order valence-electron chi connectivity index (χ2n) is 6.41. The second-order valence-corrected chi connectivity index (χ2v) is 6.82. The Morgan fingerprint density at radius 1 is 1.04 bits per heavy atom. The van der Waals surface area contributed by atoms with Gasteiger partial charge >= 0.3 is 0 Å². The molecule has 0 aliphatic heterocycles. The molecule has 0 heterocycles. The van der Waals surface area contributed by atoms with Gasteiger partial charge in [-0.25, -0.2) is 4.39 Å². The monoisotopic (exact) mass is 408 g/mol. The number of anilines is 1. The van der Waals surface area contributed by atoms with Crippen LogP contribution in [-0.2, 0) is 4.79 Å². The zero-order valence-corrected chi connectivity index (χ0v) is 16.8. The molecule has 2 aromatic rings. The molecule has 0 spiro atoms. The Bertz CT molecular complexity index is 851. The summed E-state index contributed by atoms with van der Waals surface area (Å²) in [5.41, 5.74) is 0.624. The zero-order valence-electron chi connectivity index (χ0n) is 16.0. The van der Waals surface area contributed by atoms with Gasteiger partial charge in [0.25, 0.3) is 5.91 Å². The maximum atomic E-state index is 13.3. The fourth-order valence-corrected chi connectivity index (χ4v) is 2.67. The SMILES string of the molecule is COc1cc(OC)cc(C(=O)NC(C(=O)Nc2ccc(F)c(Cl)c2)C(C)C)c1. The lowest BCUT2D eigenvalue weighted by atomic mass is 10.0. The lowest BCUT2D eigenvalue weighted by molar-refractivity contribution is -0.118.